The van der Waals surface area contributed by atoms with E-state index in [1.54, 1.807) is 0 Å². The summed E-state index contributed by atoms with van der Waals surface area (Å²) < 4.78 is 63.2. The van der Waals surface area contributed by atoms with E-state index in [1.807, 2.05) is 0 Å². The topological polar surface area (TPSA) is 120 Å². The van der Waals surface area contributed by atoms with Crippen molar-refractivity contribution < 1.29 is 26.4 Å². The van der Waals surface area contributed by atoms with Crippen LogP contribution in [-0.2, 0) is 16.2 Å². The lowest BCUT2D eigenvalue weighted by Gasteiger charge is -2.13. The molecule has 0 fully saturated rings. The molecule has 0 unspecified atom stereocenters. The van der Waals surface area contributed by atoms with Gasteiger partial charge in [-0.1, -0.05) is 17.3 Å². The highest BCUT2D eigenvalue weighted by molar-refractivity contribution is 7.89. The molecule has 0 bridgehead atoms. The highest BCUT2D eigenvalue weighted by atomic mass is 32.2. The molecule has 0 saturated heterocycles. The molecule has 3 aromatic rings. The van der Waals surface area contributed by atoms with Gasteiger partial charge in [0.25, 0.3) is 5.91 Å². The zero-order valence-corrected chi connectivity index (χ0v) is 15.6. The van der Waals surface area contributed by atoms with Gasteiger partial charge in [-0.15, -0.1) is 5.10 Å². The quantitative estimate of drug-likeness (QED) is 0.666. The van der Waals surface area contributed by atoms with E-state index >= 15 is 0 Å². The Labute approximate surface area is 163 Å². The number of carbonyl (C=O) groups is 1. The number of alkyl halides is 3. The van der Waals surface area contributed by atoms with Crippen molar-refractivity contribution in [3.05, 3.63) is 65.5 Å². The molecule has 8 nitrogen and oxygen atoms in total. The Morgan fingerprint density at radius 3 is 2.31 bits per heavy atom. The van der Waals surface area contributed by atoms with Crippen LogP contribution >= 0.6 is 0 Å². The van der Waals surface area contributed by atoms with E-state index in [2.05, 4.69) is 15.6 Å². The first kappa shape index (κ1) is 20.5. The van der Waals surface area contributed by atoms with E-state index in [1.165, 1.54) is 49.4 Å². The second-order valence-electron chi connectivity index (χ2n) is 5.97. The van der Waals surface area contributed by atoms with Crippen LogP contribution < -0.4 is 10.5 Å². The largest absolute Gasteiger partial charge is 0.418 e. The molecule has 29 heavy (non-hydrogen) atoms. The maximum Gasteiger partial charge on any atom is 0.418 e. The number of halogens is 3. The Morgan fingerprint density at radius 2 is 1.72 bits per heavy atom. The summed E-state index contributed by atoms with van der Waals surface area (Å²) in [5.41, 5.74) is -1.02. The van der Waals surface area contributed by atoms with Crippen molar-refractivity contribution in [2.75, 3.05) is 5.32 Å². The van der Waals surface area contributed by atoms with Gasteiger partial charge in [0.2, 0.25) is 10.0 Å². The molecule has 0 spiro atoms. The number of benzene rings is 2. The summed E-state index contributed by atoms with van der Waals surface area (Å²) in [6, 6.07) is 9.83. The number of hydrogen-bond acceptors (Lipinski definition) is 5. The van der Waals surface area contributed by atoms with E-state index in [9.17, 15) is 26.4 Å². The van der Waals surface area contributed by atoms with Crippen molar-refractivity contribution in [2.45, 2.75) is 18.0 Å². The van der Waals surface area contributed by atoms with Crippen LogP contribution in [0, 0.1) is 6.92 Å². The molecule has 1 heterocycles. The van der Waals surface area contributed by atoms with Gasteiger partial charge in [0.15, 0.2) is 5.69 Å². The minimum absolute atomic E-state index is 0.0976. The summed E-state index contributed by atoms with van der Waals surface area (Å²) in [7, 11) is -3.88. The number of rotatable bonds is 4. The van der Waals surface area contributed by atoms with E-state index in [0.29, 0.717) is 0 Å². The molecule has 0 radical (unpaired) electrons. The first-order valence-corrected chi connectivity index (χ1v) is 9.56. The number of aromatic nitrogens is 3. The summed E-state index contributed by atoms with van der Waals surface area (Å²) in [5.74, 6) is -0.721. The van der Waals surface area contributed by atoms with Gasteiger partial charge in [0.1, 0.15) is 0 Å². The van der Waals surface area contributed by atoms with Crippen LogP contribution in [0.3, 0.4) is 0 Å². The summed E-state index contributed by atoms with van der Waals surface area (Å²) in [6.07, 6.45) is -4.61. The summed E-state index contributed by atoms with van der Waals surface area (Å²) >= 11 is 0. The fraction of sp³-hybridized carbons (Fsp3) is 0.118. The number of sulfonamides is 1. The van der Waals surface area contributed by atoms with Gasteiger partial charge in [-0.05, 0) is 43.3 Å². The Balaban J connectivity index is 1.89. The zero-order valence-electron chi connectivity index (χ0n) is 14.8. The fourth-order valence-corrected chi connectivity index (χ4v) is 3.10. The Bertz CT molecular complexity index is 1170. The number of nitrogens with one attached hydrogen (secondary N) is 1. The summed E-state index contributed by atoms with van der Waals surface area (Å²) in [6.45, 7) is 1.41. The monoisotopic (exact) mass is 425 g/mol. The fourth-order valence-electron chi connectivity index (χ4n) is 2.58. The minimum Gasteiger partial charge on any atom is -0.321 e. The summed E-state index contributed by atoms with van der Waals surface area (Å²) in [5, 5.41) is 14.8. The lowest BCUT2D eigenvalue weighted by Crippen LogP contribution is -2.16. The molecule has 0 aliphatic rings. The number of primary sulfonamides is 1. The highest BCUT2D eigenvalue weighted by Gasteiger charge is 2.34. The predicted octanol–water partition coefficient (Wildman–Crippen LogP) is 2.49. The van der Waals surface area contributed by atoms with E-state index in [-0.39, 0.29) is 27.7 Å². The molecule has 0 aliphatic carbocycles. The lowest BCUT2D eigenvalue weighted by atomic mass is 10.1. The number of amides is 1. The highest BCUT2D eigenvalue weighted by Crippen LogP contribution is 2.34. The third-order valence-corrected chi connectivity index (χ3v) is 4.92. The van der Waals surface area contributed by atoms with Crippen LogP contribution in [0.5, 0.6) is 0 Å². The van der Waals surface area contributed by atoms with Crippen molar-refractivity contribution in [3.8, 4) is 5.69 Å². The van der Waals surface area contributed by atoms with Crippen LogP contribution in [0.15, 0.2) is 53.4 Å². The van der Waals surface area contributed by atoms with Gasteiger partial charge < -0.3 is 5.32 Å². The molecule has 1 amide bonds. The van der Waals surface area contributed by atoms with Crippen LogP contribution in [0.4, 0.5) is 18.9 Å². The van der Waals surface area contributed by atoms with Crippen LogP contribution in [0.1, 0.15) is 21.7 Å². The Kier molecular flexibility index (Phi) is 5.15. The smallest absolute Gasteiger partial charge is 0.321 e. The normalized spacial score (nSPS) is 12.0. The minimum atomic E-state index is -4.61. The average molecular weight is 425 g/mol. The Hall–Kier alpha value is -3.25. The first-order chi connectivity index (χ1) is 13.5. The number of hydrogen-bond donors (Lipinski definition) is 2. The molecule has 152 valence electrons. The van der Waals surface area contributed by atoms with Crippen molar-refractivity contribution in [1.82, 2.24) is 15.0 Å². The van der Waals surface area contributed by atoms with Gasteiger partial charge in [0.05, 0.1) is 21.8 Å². The van der Waals surface area contributed by atoms with Gasteiger partial charge in [-0.25, -0.2) is 18.2 Å². The molecule has 2 aromatic carbocycles. The molecule has 0 saturated carbocycles. The van der Waals surface area contributed by atoms with Gasteiger partial charge in [-0.3, -0.25) is 4.79 Å². The van der Waals surface area contributed by atoms with Crippen LogP contribution in [0.25, 0.3) is 5.69 Å². The van der Waals surface area contributed by atoms with Crippen molar-refractivity contribution in [2.24, 2.45) is 5.14 Å². The molecule has 0 atom stereocenters. The molecule has 12 heteroatoms. The van der Waals surface area contributed by atoms with Crippen molar-refractivity contribution >= 4 is 21.6 Å². The molecule has 0 aliphatic heterocycles. The Morgan fingerprint density at radius 1 is 1.10 bits per heavy atom. The zero-order chi connectivity index (χ0) is 21.4. The number of nitrogens with zero attached hydrogens (tertiary/aromatic N) is 3. The maximum absolute atomic E-state index is 13.2. The number of nitrogens with two attached hydrogens (primary N) is 1. The van der Waals surface area contributed by atoms with Gasteiger partial charge >= 0.3 is 6.18 Å². The lowest BCUT2D eigenvalue weighted by molar-refractivity contribution is -0.137. The standard InChI is InChI=1S/C17H14F3N5O3S/c1-10-15(16(26)22-11-6-8-12(9-7-11)29(21,27)28)23-24-25(10)14-5-3-2-4-13(14)17(18,19)20/h2-9H,1H3,(H,22,26)(H2,21,27,28). The maximum atomic E-state index is 13.2. The molecular weight excluding hydrogens is 411 g/mol. The van der Waals surface area contributed by atoms with Gasteiger partial charge in [0, 0.05) is 5.69 Å². The second-order valence-corrected chi connectivity index (χ2v) is 7.54. The molecular formula is C17H14F3N5O3S. The SMILES string of the molecule is Cc1c(C(=O)Nc2ccc(S(N)(=O)=O)cc2)nnn1-c1ccccc1C(F)(F)F. The summed E-state index contributed by atoms with van der Waals surface area (Å²) in [4.78, 5) is 12.3. The number of carbonyl (C=O) groups excluding carboxylic acids is 1. The van der Waals surface area contributed by atoms with Crippen molar-refractivity contribution in [3.63, 3.8) is 0 Å². The third-order valence-electron chi connectivity index (χ3n) is 3.99. The predicted molar refractivity (Wildman–Crippen MR) is 96.9 cm³/mol. The van der Waals surface area contributed by atoms with E-state index < -0.39 is 27.7 Å². The van der Waals surface area contributed by atoms with Gasteiger partial charge in [-0.2, -0.15) is 13.2 Å². The first-order valence-electron chi connectivity index (χ1n) is 8.01. The molecule has 3 N–H and O–H groups in total. The van der Waals surface area contributed by atoms with Crippen LogP contribution in [-0.4, -0.2) is 29.3 Å². The van der Waals surface area contributed by atoms with Crippen LogP contribution in [0.2, 0.25) is 0 Å². The number of para-hydroxylation sites is 1. The van der Waals surface area contributed by atoms with E-state index in [0.717, 1.165) is 10.7 Å². The molecule has 3 rings (SSSR count). The molecule has 1 aromatic heterocycles. The second kappa shape index (κ2) is 7.29. The van der Waals surface area contributed by atoms with E-state index in [4.69, 9.17) is 5.14 Å². The number of anilines is 1. The average Bonchev–Trinajstić information content (AvgIpc) is 3.02. The van der Waals surface area contributed by atoms with Crippen molar-refractivity contribution in [1.29, 1.82) is 0 Å². The third kappa shape index (κ3) is 4.27.